The largest absolute Gasteiger partial charge is 0.466 e. The first kappa shape index (κ1) is 21.7. The molecule has 1 aliphatic carbocycles. The molecule has 0 bridgehead atoms. The third-order valence-corrected chi connectivity index (χ3v) is 4.74. The number of fused-ring (bicyclic) bond motifs is 2. The summed E-state index contributed by atoms with van der Waals surface area (Å²) in [5.74, 6) is 6.10. The molecule has 2 aromatic carbocycles. The number of aliphatic hydroxyl groups excluding tert-OH is 1. The molecule has 28 heavy (non-hydrogen) atoms. The number of aliphatic hydroxyl groups is 1. The summed E-state index contributed by atoms with van der Waals surface area (Å²) in [6.45, 7) is 6.34. The Balaban J connectivity index is 0.00000136. The van der Waals surface area contributed by atoms with Crippen LogP contribution in [0.1, 0.15) is 67.3 Å². The van der Waals surface area contributed by atoms with Crippen LogP contribution in [0, 0.1) is 11.8 Å². The summed E-state index contributed by atoms with van der Waals surface area (Å²) < 4.78 is 5.18. The molecule has 0 saturated heterocycles. The van der Waals surface area contributed by atoms with Gasteiger partial charge in [0.2, 0.25) is 0 Å². The Bertz CT molecular complexity index is 842. The summed E-state index contributed by atoms with van der Waals surface area (Å²) in [4.78, 5) is 12.1. The third kappa shape index (κ3) is 5.71. The van der Waals surface area contributed by atoms with Crippen LogP contribution in [0.3, 0.4) is 0 Å². The van der Waals surface area contributed by atoms with Gasteiger partial charge in [0.1, 0.15) is 0 Å². The van der Waals surface area contributed by atoms with Gasteiger partial charge in [-0.3, -0.25) is 4.79 Å². The smallest absolute Gasteiger partial charge is 0.306 e. The minimum atomic E-state index is -0.137. The molecule has 1 N–H and O–H groups in total. The number of carbonyl (C=O) groups excluding carboxylic acids is 1. The van der Waals surface area contributed by atoms with Gasteiger partial charge in [-0.05, 0) is 60.1 Å². The highest BCUT2D eigenvalue weighted by atomic mass is 16.5. The Morgan fingerprint density at radius 1 is 1.14 bits per heavy atom. The lowest BCUT2D eigenvalue weighted by atomic mass is 9.89. The van der Waals surface area contributed by atoms with Crippen LogP contribution in [0.5, 0.6) is 0 Å². The molecule has 0 heterocycles. The SMILES string of the molecule is CC.CCOC(=O)CC1Cc2ccc(C#CCCO)cc2Cc2ccccc21. The molecule has 0 spiro atoms. The Morgan fingerprint density at radius 3 is 2.68 bits per heavy atom. The van der Waals surface area contributed by atoms with Gasteiger partial charge in [-0.1, -0.05) is 56.0 Å². The van der Waals surface area contributed by atoms with Gasteiger partial charge < -0.3 is 9.84 Å². The van der Waals surface area contributed by atoms with E-state index in [2.05, 4.69) is 42.2 Å². The van der Waals surface area contributed by atoms with E-state index in [0.29, 0.717) is 19.4 Å². The quantitative estimate of drug-likeness (QED) is 0.623. The number of rotatable bonds is 4. The summed E-state index contributed by atoms with van der Waals surface area (Å²) in [6.07, 6.45) is 2.57. The van der Waals surface area contributed by atoms with E-state index in [4.69, 9.17) is 9.84 Å². The highest BCUT2D eigenvalue weighted by Crippen LogP contribution is 2.34. The molecule has 1 atom stereocenters. The minimum absolute atomic E-state index is 0.0842. The molecular weight excluding hydrogens is 348 g/mol. The van der Waals surface area contributed by atoms with Crippen LogP contribution in [0.2, 0.25) is 0 Å². The molecule has 0 amide bonds. The Labute approximate surface area is 168 Å². The molecule has 3 rings (SSSR count). The van der Waals surface area contributed by atoms with Crippen molar-refractivity contribution in [3.8, 4) is 11.8 Å². The highest BCUT2D eigenvalue weighted by molar-refractivity contribution is 5.71. The van der Waals surface area contributed by atoms with Crippen molar-refractivity contribution in [3.63, 3.8) is 0 Å². The fraction of sp³-hybridized carbons (Fsp3) is 0.400. The molecule has 0 aromatic heterocycles. The molecule has 0 saturated carbocycles. The number of benzene rings is 2. The van der Waals surface area contributed by atoms with Crippen molar-refractivity contribution in [3.05, 3.63) is 70.3 Å². The van der Waals surface area contributed by atoms with Gasteiger partial charge in [0.05, 0.1) is 19.6 Å². The van der Waals surface area contributed by atoms with E-state index < -0.39 is 0 Å². The van der Waals surface area contributed by atoms with Gasteiger partial charge in [0.15, 0.2) is 0 Å². The molecule has 1 unspecified atom stereocenters. The van der Waals surface area contributed by atoms with Crippen LogP contribution < -0.4 is 0 Å². The summed E-state index contributed by atoms with van der Waals surface area (Å²) in [7, 11) is 0. The first-order chi connectivity index (χ1) is 13.7. The van der Waals surface area contributed by atoms with Gasteiger partial charge in [0.25, 0.3) is 0 Å². The first-order valence-electron chi connectivity index (χ1n) is 10.2. The van der Waals surface area contributed by atoms with Crippen LogP contribution in [0.4, 0.5) is 0 Å². The second-order valence-corrected chi connectivity index (χ2v) is 6.54. The van der Waals surface area contributed by atoms with Crippen LogP contribution in [0.25, 0.3) is 0 Å². The van der Waals surface area contributed by atoms with Crippen LogP contribution in [-0.2, 0) is 22.4 Å². The topological polar surface area (TPSA) is 46.5 Å². The number of esters is 1. The zero-order valence-corrected chi connectivity index (χ0v) is 17.1. The van der Waals surface area contributed by atoms with Gasteiger partial charge in [0, 0.05) is 12.0 Å². The molecule has 0 radical (unpaired) electrons. The predicted octanol–water partition coefficient (Wildman–Crippen LogP) is 4.63. The highest BCUT2D eigenvalue weighted by Gasteiger charge is 2.24. The molecule has 2 aromatic rings. The third-order valence-electron chi connectivity index (χ3n) is 4.74. The van der Waals surface area contributed by atoms with E-state index in [0.717, 1.165) is 18.4 Å². The summed E-state index contributed by atoms with van der Waals surface area (Å²) in [6, 6.07) is 14.7. The zero-order valence-electron chi connectivity index (χ0n) is 17.1. The number of ether oxygens (including phenoxy) is 1. The lowest BCUT2D eigenvalue weighted by Gasteiger charge is -2.17. The van der Waals surface area contributed by atoms with Crippen LogP contribution in [0.15, 0.2) is 42.5 Å². The van der Waals surface area contributed by atoms with Gasteiger partial charge in [-0.2, -0.15) is 0 Å². The fourth-order valence-electron chi connectivity index (χ4n) is 3.57. The van der Waals surface area contributed by atoms with Crippen molar-refractivity contribution in [1.29, 1.82) is 0 Å². The average Bonchev–Trinajstić information content (AvgIpc) is 2.86. The van der Waals surface area contributed by atoms with Crippen molar-refractivity contribution >= 4 is 5.97 Å². The van der Waals surface area contributed by atoms with Crippen LogP contribution in [-0.4, -0.2) is 24.3 Å². The van der Waals surface area contributed by atoms with Crippen molar-refractivity contribution in [2.75, 3.05) is 13.2 Å². The summed E-state index contributed by atoms with van der Waals surface area (Å²) in [5.41, 5.74) is 6.01. The summed E-state index contributed by atoms with van der Waals surface area (Å²) >= 11 is 0. The normalized spacial score (nSPS) is 14.2. The van der Waals surface area contributed by atoms with E-state index in [1.165, 1.54) is 22.3 Å². The van der Waals surface area contributed by atoms with Crippen molar-refractivity contribution in [1.82, 2.24) is 0 Å². The standard InChI is InChI=1S/C23H24O3.C2H6/c1-2-26-23(25)16-21-14-18-11-10-17(7-5-6-12-24)13-20(18)15-19-8-3-4-9-22(19)21;1-2/h3-4,8-11,13,21,24H,2,6,12,14-16H2,1H3;1-2H3. The van der Waals surface area contributed by atoms with E-state index >= 15 is 0 Å². The van der Waals surface area contributed by atoms with Gasteiger partial charge >= 0.3 is 5.97 Å². The molecular formula is C25H30O3. The maximum absolute atomic E-state index is 12.1. The van der Waals surface area contributed by atoms with Crippen molar-refractivity contribution in [2.45, 2.75) is 52.4 Å². The van der Waals surface area contributed by atoms with Crippen molar-refractivity contribution < 1.29 is 14.6 Å². The zero-order chi connectivity index (χ0) is 20.4. The van der Waals surface area contributed by atoms with E-state index in [1.807, 2.05) is 32.9 Å². The molecule has 0 aliphatic heterocycles. The number of carbonyl (C=O) groups is 1. The van der Waals surface area contributed by atoms with Gasteiger partial charge in [-0.15, -0.1) is 0 Å². The Hall–Kier alpha value is -2.57. The fourth-order valence-corrected chi connectivity index (χ4v) is 3.57. The minimum Gasteiger partial charge on any atom is -0.466 e. The molecule has 148 valence electrons. The van der Waals surface area contributed by atoms with E-state index in [-0.39, 0.29) is 18.5 Å². The number of hydrogen-bond acceptors (Lipinski definition) is 3. The average molecular weight is 379 g/mol. The maximum Gasteiger partial charge on any atom is 0.306 e. The Kier molecular flexibility index (Phi) is 8.78. The van der Waals surface area contributed by atoms with Crippen molar-refractivity contribution in [2.24, 2.45) is 0 Å². The number of hydrogen-bond donors (Lipinski definition) is 1. The van der Waals surface area contributed by atoms with Gasteiger partial charge in [-0.25, -0.2) is 0 Å². The second-order valence-electron chi connectivity index (χ2n) is 6.54. The molecule has 1 aliphatic rings. The van der Waals surface area contributed by atoms with E-state index in [9.17, 15) is 4.79 Å². The monoisotopic (exact) mass is 378 g/mol. The second kappa shape index (κ2) is 11.3. The lowest BCUT2D eigenvalue weighted by Crippen LogP contribution is -2.12. The molecule has 3 nitrogen and oxygen atoms in total. The Morgan fingerprint density at radius 2 is 1.93 bits per heavy atom. The van der Waals surface area contributed by atoms with E-state index in [1.54, 1.807) is 0 Å². The summed E-state index contributed by atoms with van der Waals surface area (Å²) in [5, 5.41) is 8.88. The molecule has 3 heteroatoms. The van der Waals surface area contributed by atoms with Crippen LogP contribution >= 0.6 is 0 Å². The molecule has 0 fully saturated rings. The predicted molar refractivity (Wildman–Crippen MR) is 113 cm³/mol. The lowest BCUT2D eigenvalue weighted by molar-refractivity contribution is -0.143. The maximum atomic E-state index is 12.1. The first-order valence-corrected chi connectivity index (χ1v) is 10.2.